The molecular weight excluding hydrogens is 408 g/mol. The number of thioether (sulfide) groups is 1. The summed E-state index contributed by atoms with van der Waals surface area (Å²) in [5, 5.41) is 9.46. The van der Waals surface area contributed by atoms with Gasteiger partial charge in [0.2, 0.25) is 5.91 Å². The minimum absolute atomic E-state index is 0.175. The van der Waals surface area contributed by atoms with Crippen LogP contribution in [0.1, 0.15) is 31.7 Å². The van der Waals surface area contributed by atoms with E-state index in [1.165, 1.54) is 23.7 Å². The van der Waals surface area contributed by atoms with Gasteiger partial charge in [0, 0.05) is 24.3 Å². The molecule has 1 amide bonds. The zero-order chi connectivity index (χ0) is 21.8. The van der Waals surface area contributed by atoms with Crippen molar-refractivity contribution in [2.75, 3.05) is 20.2 Å². The van der Waals surface area contributed by atoms with Crippen molar-refractivity contribution in [1.29, 1.82) is 0 Å². The quantitative estimate of drug-likeness (QED) is 0.522. The van der Waals surface area contributed by atoms with Crippen molar-refractivity contribution >= 4 is 17.7 Å². The first-order valence-corrected chi connectivity index (χ1v) is 11.6. The van der Waals surface area contributed by atoms with Gasteiger partial charge in [0.05, 0.1) is 12.4 Å². The molecule has 0 spiro atoms. The molecule has 31 heavy (non-hydrogen) atoms. The summed E-state index contributed by atoms with van der Waals surface area (Å²) in [5.41, 5.74) is 3.10. The van der Waals surface area contributed by atoms with E-state index in [1.807, 2.05) is 40.7 Å². The fraction of sp³-hybridized carbons (Fsp3) is 0.375. The predicted molar refractivity (Wildman–Crippen MR) is 124 cm³/mol. The van der Waals surface area contributed by atoms with Crippen LogP contribution in [0, 0.1) is 6.92 Å². The summed E-state index contributed by atoms with van der Waals surface area (Å²) in [7, 11) is 1.65. The molecule has 1 aliphatic heterocycles. The van der Waals surface area contributed by atoms with Gasteiger partial charge in [0.1, 0.15) is 5.75 Å². The smallest absolute Gasteiger partial charge is 0.235 e. The number of ether oxygens (including phenoxy) is 1. The van der Waals surface area contributed by atoms with Crippen LogP contribution in [0.3, 0.4) is 0 Å². The Hall–Kier alpha value is -2.80. The SMILES string of the molecule is COc1ccc(-c2nnc(SC(C)C(=O)N3CCCCC3)n2-c2ccc(C)cc2)cc1. The highest BCUT2D eigenvalue weighted by Gasteiger charge is 2.26. The molecule has 1 unspecified atom stereocenters. The summed E-state index contributed by atoms with van der Waals surface area (Å²) in [5.74, 6) is 1.71. The van der Waals surface area contributed by atoms with E-state index in [9.17, 15) is 4.79 Å². The molecule has 2 aromatic carbocycles. The Balaban J connectivity index is 1.67. The molecule has 1 fully saturated rings. The number of carbonyl (C=O) groups is 1. The van der Waals surface area contributed by atoms with Crippen molar-refractivity contribution < 1.29 is 9.53 Å². The molecule has 1 aliphatic rings. The summed E-state index contributed by atoms with van der Waals surface area (Å²) in [6, 6.07) is 16.1. The van der Waals surface area contributed by atoms with Gasteiger partial charge in [-0.2, -0.15) is 0 Å². The minimum atomic E-state index is -0.227. The lowest BCUT2D eigenvalue weighted by molar-refractivity contribution is -0.131. The number of hydrogen-bond donors (Lipinski definition) is 0. The topological polar surface area (TPSA) is 60.3 Å². The largest absolute Gasteiger partial charge is 0.497 e. The molecule has 1 aromatic heterocycles. The van der Waals surface area contributed by atoms with Crippen molar-refractivity contribution in [1.82, 2.24) is 19.7 Å². The standard InChI is InChI=1S/C24H28N4O2S/c1-17-7-11-20(12-8-17)28-22(19-9-13-21(30-3)14-10-19)25-26-24(28)31-18(2)23(29)27-15-5-4-6-16-27/h7-14,18H,4-6,15-16H2,1-3H3. The van der Waals surface area contributed by atoms with Gasteiger partial charge in [-0.05, 0) is 69.5 Å². The van der Waals surface area contributed by atoms with Crippen molar-refractivity contribution in [3.63, 3.8) is 0 Å². The highest BCUT2D eigenvalue weighted by Crippen LogP contribution is 2.32. The first-order chi connectivity index (χ1) is 15.1. The molecule has 162 valence electrons. The zero-order valence-corrected chi connectivity index (χ0v) is 19.1. The molecule has 0 bridgehead atoms. The van der Waals surface area contributed by atoms with Crippen molar-refractivity contribution in [2.24, 2.45) is 0 Å². The lowest BCUT2D eigenvalue weighted by Crippen LogP contribution is -2.40. The second-order valence-corrected chi connectivity index (χ2v) is 9.16. The summed E-state index contributed by atoms with van der Waals surface area (Å²) in [4.78, 5) is 15.0. The number of piperidine rings is 1. The maximum atomic E-state index is 13.0. The molecule has 6 nitrogen and oxygen atoms in total. The van der Waals surface area contributed by atoms with Crippen LogP contribution in [0.2, 0.25) is 0 Å². The number of nitrogens with zero attached hydrogens (tertiary/aromatic N) is 4. The first kappa shape index (κ1) is 21.4. The zero-order valence-electron chi connectivity index (χ0n) is 18.2. The Kier molecular flexibility index (Phi) is 6.61. The summed E-state index contributed by atoms with van der Waals surface area (Å²) >= 11 is 1.47. The number of carbonyl (C=O) groups excluding carboxylic acids is 1. The monoisotopic (exact) mass is 436 g/mol. The van der Waals surface area contributed by atoms with Gasteiger partial charge < -0.3 is 9.64 Å². The number of methoxy groups -OCH3 is 1. The fourth-order valence-corrected chi connectivity index (χ4v) is 4.73. The van der Waals surface area contributed by atoms with Gasteiger partial charge in [0.25, 0.3) is 0 Å². The number of rotatable bonds is 6. The van der Waals surface area contributed by atoms with Crippen molar-refractivity contribution in [3.05, 3.63) is 54.1 Å². The van der Waals surface area contributed by atoms with E-state index >= 15 is 0 Å². The number of aromatic nitrogens is 3. The van der Waals surface area contributed by atoms with E-state index in [-0.39, 0.29) is 11.2 Å². The molecule has 3 aromatic rings. The van der Waals surface area contributed by atoms with Crippen LogP contribution in [0.5, 0.6) is 5.75 Å². The number of hydrogen-bond acceptors (Lipinski definition) is 5. The van der Waals surface area contributed by atoms with E-state index < -0.39 is 0 Å². The molecule has 0 radical (unpaired) electrons. The van der Waals surface area contributed by atoms with Gasteiger partial charge >= 0.3 is 0 Å². The molecule has 1 atom stereocenters. The summed E-state index contributed by atoms with van der Waals surface area (Å²) in [6.07, 6.45) is 3.38. The molecule has 4 rings (SSSR count). The third kappa shape index (κ3) is 4.77. The average molecular weight is 437 g/mol. The molecule has 1 saturated heterocycles. The number of amides is 1. The van der Waals surface area contributed by atoms with Gasteiger partial charge in [-0.15, -0.1) is 10.2 Å². The third-order valence-corrected chi connectivity index (χ3v) is 6.60. The van der Waals surface area contributed by atoms with Gasteiger partial charge in [-0.25, -0.2) is 0 Å². The van der Waals surface area contributed by atoms with Crippen LogP contribution in [-0.4, -0.2) is 51.0 Å². The third-order valence-electron chi connectivity index (χ3n) is 5.57. The second-order valence-electron chi connectivity index (χ2n) is 7.85. The normalized spacial score (nSPS) is 15.0. The summed E-state index contributed by atoms with van der Waals surface area (Å²) < 4.78 is 7.32. The van der Waals surface area contributed by atoms with Gasteiger partial charge in [-0.3, -0.25) is 9.36 Å². The molecular formula is C24H28N4O2S. The average Bonchev–Trinajstić information content (AvgIpc) is 3.23. The van der Waals surface area contributed by atoms with Crippen LogP contribution in [0.4, 0.5) is 0 Å². The lowest BCUT2D eigenvalue weighted by atomic mass is 10.1. The Morgan fingerprint density at radius 1 is 1.00 bits per heavy atom. The highest BCUT2D eigenvalue weighted by molar-refractivity contribution is 8.00. The van der Waals surface area contributed by atoms with Crippen molar-refractivity contribution in [3.8, 4) is 22.8 Å². The fourth-order valence-electron chi connectivity index (χ4n) is 3.78. The first-order valence-electron chi connectivity index (χ1n) is 10.7. The van der Waals surface area contributed by atoms with Crippen LogP contribution < -0.4 is 4.74 Å². The Bertz CT molecular complexity index is 1020. The Morgan fingerprint density at radius 3 is 2.32 bits per heavy atom. The Labute approximate surface area is 187 Å². The number of benzene rings is 2. The number of aryl methyl sites for hydroxylation is 1. The van der Waals surface area contributed by atoms with E-state index in [4.69, 9.17) is 4.74 Å². The van der Waals surface area contributed by atoms with Crippen LogP contribution in [-0.2, 0) is 4.79 Å². The number of likely N-dealkylation sites (tertiary alicyclic amines) is 1. The molecule has 2 heterocycles. The predicted octanol–water partition coefficient (Wildman–Crippen LogP) is 4.74. The van der Waals surface area contributed by atoms with E-state index in [0.717, 1.165) is 48.8 Å². The maximum Gasteiger partial charge on any atom is 0.235 e. The molecule has 7 heteroatoms. The van der Waals surface area contributed by atoms with Gasteiger partial charge in [0.15, 0.2) is 11.0 Å². The minimum Gasteiger partial charge on any atom is -0.497 e. The lowest BCUT2D eigenvalue weighted by Gasteiger charge is -2.28. The van der Waals surface area contributed by atoms with E-state index in [2.05, 4.69) is 41.4 Å². The van der Waals surface area contributed by atoms with E-state index in [0.29, 0.717) is 5.16 Å². The van der Waals surface area contributed by atoms with Crippen LogP contribution >= 0.6 is 11.8 Å². The van der Waals surface area contributed by atoms with Crippen molar-refractivity contribution in [2.45, 2.75) is 43.5 Å². The van der Waals surface area contributed by atoms with E-state index in [1.54, 1.807) is 7.11 Å². The Morgan fingerprint density at radius 2 is 1.68 bits per heavy atom. The second kappa shape index (κ2) is 9.56. The molecule has 0 aliphatic carbocycles. The van der Waals surface area contributed by atoms with Crippen LogP contribution in [0.15, 0.2) is 53.7 Å². The highest BCUT2D eigenvalue weighted by atomic mass is 32.2. The van der Waals surface area contributed by atoms with Crippen LogP contribution in [0.25, 0.3) is 17.1 Å². The maximum absolute atomic E-state index is 13.0. The molecule has 0 saturated carbocycles. The molecule has 0 N–H and O–H groups in total. The van der Waals surface area contributed by atoms with Gasteiger partial charge in [-0.1, -0.05) is 29.5 Å². The summed E-state index contributed by atoms with van der Waals surface area (Å²) in [6.45, 7) is 5.73.